The van der Waals surface area contributed by atoms with Crippen LogP contribution in [0.1, 0.15) is 62.5 Å². The smallest absolute Gasteiger partial charge is 0.278 e. The highest BCUT2D eigenvalue weighted by Crippen LogP contribution is 2.36. The third-order valence-electron chi connectivity index (χ3n) is 6.33. The molecule has 3 aliphatic rings. The van der Waals surface area contributed by atoms with Gasteiger partial charge in [-0.15, -0.1) is 5.06 Å². The van der Waals surface area contributed by atoms with Crippen molar-refractivity contribution in [2.24, 2.45) is 11.1 Å². The summed E-state index contributed by atoms with van der Waals surface area (Å²) in [6.45, 7) is 4.65. The topological polar surface area (TPSA) is 46.1 Å². The first-order valence-electron chi connectivity index (χ1n) is 10.6. The van der Waals surface area contributed by atoms with Gasteiger partial charge in [0.15, 0.2) is 0 Å². The lowest BCUT2D eigenvalue weighted by molar-refractivity contribution is -0.145. The van der Waals surface area contributed by atoms with E-state index in [0.717, 1.165) is 56.1 Å². The largest absolute Gasteiger partial charge is 0.388 e. The van der Waals surface area contributed by atoms with Gasteiger partial charge >= 0.3 is 0 Å². The van der Waals surface area contributed by atoms with E-state index in [2.05, 4.69) is 41.7 Å². The standard InChI is InChI=1S/C22H31N3O2S/c1-17-7-9-19(10-8-17)20-15-22(27-24-20)11-13-25(14-12-22)26-21(28)23-16-18-5-3-2-4-6-18/h7-10,18H,2-6,11-16H2,1H3,(H,23,28). The minimum atomic E-state index is -0.183. The van der Waals surface area contributed by atoms with Crippen molar-refractivity contribution in [2.75, 3.05) is 19.6 Å². The van der Waals surface area contributed by atoms with Gasteiger partial charge in [-0.2, -0.15) is 0 Å². The van der Waals surface area contributed by atoms with Gasteiger partial charge in [-0.05, 0) is 43.5 Å². The van der Waals surface area contributed by atoms with Crippen LogP contribution in [-0.4, -0.2) is 41.2 Å². The normalized spacial score (nSPS) is 22.5. The number of piperidine rings is 1. The van der Waals surface area contributed by atoms with E-state index in [0.29, 0.717) is 5.17 Å². The van der Waals surface area contributed by atoms with Gasteiger partial charge in [0.2, 0.25) is 0 Å². The molecule has 0 radical (unpaired) electrons. The molecule has 2 heterocycles. The van der Waals surface area contributed by atoms with Gasteiger partial charge in [0.1, 0.15) is 5.60 Å². The quantitative estimate of drug-likeness (QED) is 0.761. The van der Waals surface area contributed by atoms with E-state index in [9.17, 15) is 0 Å². The number of oxime groups is 1. The zero-order valence-electron chi connectivity index (χ0n) is 16.8. The van der Waals surface area contributed by atoms with E-state index in [1.165, 1.54) is 37.7 Å². The van der Waals surface area contributed by atoms with E-state index < -0.39 is 0 Å². The highest BCUT2D eigenvalue weighted by molar-refractivity contribution is 7.80. The number of hydroxylamine groups is 2. The summed E-state index contributed by atoms with van der Waals surface area (Å²) in [6, 6.07) is 8.51. The maximum atomic E-state index is 5.92. The maximum Gasteiger partial charge on any atom is 0.278 e. The van der Waals surface area contributed by atoms with E-state index in [4.69, 9.17) is 21.9 Å². The molecule has 4 rings (SSSR count). The molecule has 1 aromatic rings. The maximum absolute atomic E-state index is 5.92. The van der Waals surface area contributed by atoms with Crippen molar-refractivity contribution in [3.05, 3.63) is 35.4 Å². The summed E-state index contributed by atoms with van der Waals surface area (Å²) in [7, 11) is 0. The molecule has 6 heteroatoms. The molecule has 1 N–H and O–H groups in total. The predicted molar refractivity (Wildman–Crippen MR) is 115 cm³/mol. The molecule has 0 atom stereocenters. The summed E-state index contributed by atoms with van der Waals surface area (Å²) < 4.78 is 0. The summed E-state index contributed by atoms with van der Waals surface area (Å²) in [5.74, 6) is 0.740. The van der Waals surface area contributed by atoms with Crippen LogP contribution in [0.3, 0.4) is 0 Å². The lowest BCUT2D eigenvalue weighted by atomic mass is 9.86. The van der Waals surface area contributed by atoms with Crippen molar-refractivity contribution in [1.29, 1.82) is 0 Å². The van der Waals surface area contributed by atoms with Crippen LogP contribution >= 0.6 is 12.2 Å². The van der Waals surface area contributed by atoms with Gasteiger partial charge in [-0.1, -0.05) is 54.2 Å². The molecule has 1 spiro atoms. The lowest BCUT2D eigenvalue weighted by Crippen LogP contribution is -2.46. The predicted octanol–water partition coefficient (Wildman–Crippen LogP) is 4.34. The molecule has 1 saturated carbocycles. The van der Waals surface area contributed by atoms with Gasteiger partial charge < -0.3 is 15.0 Å². The minimum absolute atomic E-state index is 0.183. The van der Waals surface area contributed by atoms with Crippen LogP contribution in [0.5, 0.6) is 0 Å². The molecule has 152 valence electrons. The Morgan fingerprint density at radius 3 is 2.64 bits per heavy atom. The van der Waals surface area contributed by atoms with E-state index >= 15 is 0 Å². The summed E-state index contributed by atoms with van der Waals surface area (Å²) >= 11 is 5.39. The average molecular weight is 402 g/mol. The first kappa shape index (κ1) is 19.6. The Balaban J connectivity index is 1.20. The fraction of sp³-hybridized carbons (Fsp3) is 0.636. The van der Waals surface area contributed by atoms with Crippen molar-refractivity contribution >= 4 is 23.1 Å². The first-order chi connectivity index (χ1) is 13.6. The van der Waals surface area contributed by atoms with Crippen molar-refractivity contribution in [3.8, 4) is 0 Å². The third-order valence-corrected chi connectivity index (χ3v) is 6.55. The Labute approximate surface area is 173 Å². The summed E-state index contributed by atoms with van der Waals surface area (Å²) in [6.07, 6.45) is 9.36. The molecule has 2 fully saturated rings. The Hall–Kier alpha value is -1.66. The number of nitrogens with one attached hydrogen (secondary N) is 1. The highest BCUT2D eigenvalue weighted by Gasteiger charge is 2.43. The number of thiocarbonyl (C=S) groups is 1. The molecule has 0 amide bonds. The van der Waals surface area contributed by atoms with Gasteiger partial charge in [0, 0.05) is 38.9 Å². The van der Waals surface area contributed by atoms with Crippen LogP contribution in [0, 0.1) is 12.8 Å². The molecule has 5 nitrogen and oxygen atoms in total. The number of rotatable bonds is 4. The SMILES string of the molecule is Cc1ccc(C2=NOC3(CCN(OC(=S)NCC4CCCCC4)CC3)C2)cc1. The second kappa shape index (κ2) is 8.78. The molecule has 1 saturated heterocycles. The fourth-order valence-electron chi connectivity index (χ4n) is 4.44. The second-order valence-electron chi connectivity index (χ2n) is 8.55. The molecule has 0 aromatic heterocycles. The Morgan fingerprint density at radius 1 is 1.21 bits per heavy atom. The molecule has 28 heavy (non-hydrogen) atoms. The van der Waals surface area contributed by atoms with Crippen LogP contribution in [0.15, 0.2) is 29.4 Å². The average Bonchev–Trinajstić information content (AvgIpc) is 3.13. The third kappa shape index (κ3) is 4.84. The van der Waals surface area contributed by atoms with Gasteiger partial charge in [0.05, 0.1) is 5.71 Å². The van der Waals surface area contributed by atoms with Crippen LogP contribution in [-0.2, 0) is 9.68 Å². The molecular formula is C22H31N3O2S. The highest BCUT2D eigenvalue weighted by atomic mass is 32.1. The van der Waals surface area contributed by atoms with Crippen LogP contribution in [0.4, 0.5) is 0 Å². The molecular weight excluding hydrogens is 370 g/mol. The van der Waals surface area contributed by atoms with Crippen molar-refractivity contribution in [1.82, 2.24) is 10.4 Å². The first-order valence-corrected chi connectivity index (χ1v) is 11.1. The number of hydrogen-bond acceptors (Lipinski definition) is 5. The minimum Gasteiger partial charge on any atom is -0.388 e. The fourth-order valence-corrected chi connectivity index (χ4v) is 4.63. The summed E-state index contributed by atoms with van der Waals surface area (Å²) in [5.41, 5.74) is 3.29. The van der Waals surface area contributed by atoms with Crippen LogP contribution < -0.4 is 5.32 Å². The van der Waals surface area contributed by atoms with E-state index in [1.54, 1.807) is 0 Å². The van der Waals surface area contributed by atoms with Crippen molar-refractivity contribution < 1.29 is 9.68 Å². The Morgan fingerprint density at radius 2 is 1.93 bits per heavy atom. The zero-order chi connectivity index (χ0) is 19.4. The zero-order valence-corrected chi connectivity index (χ0v) is 17.6. The van der Waals surface area contributed by atoms with Gasteiger partial charge in [-0.25, -0.2) is 0 Å². The van der Waals surface area contributed by atoms with E-state index in [-0.39, 0.29) is 5.60 Å². The number of benzene rings is 1. The van der Waals surface area contributed by atoms with Gasteiger partial charge in [-0.3, -0.25) is 0 Å². The summed E-state index contributed by atoms with van der Waals surface area (Å²) in [5, 5.41) is 10.2. The Kier molecular flexibility index (Phi) is 6.16. The number of nitrogens with zero attached hydrogens (tertiary/aromatic N) is 2. The Bertz CT molecular complexity index is 705. The summed E-state index contributed by atoms with van der Waals surface area (Å²) in [4.78, 5) is 11.8. The monoisotopic (exact) mass is 401 g/mol. The number of aryl methyl sites for hydroxylation is 1. The number of hydrogen-bond donors (Lipinski definition) is 1. The van der Waals surface area contributed by atoms with Crippen molar-refractivity contribution in [2.45, 2.75) is 63.9 Å². The molecule has 1 aliphatic carbocycles. The molecule has 0 bridgehead atoms. The molecule has 0 unspecified atom stereocenters. The lowest BCUT2D eigenvalue weighted by Gasteiger charge is -2.36. The molecule has 2 aliphatic heterocycles. The van der Waals surface area contributed by atoms with Gasteiger partial charge in [0.25, 0.3) is 5.17 Å². The molecule has 1 aromatic carbocycles. The van der Waals surface area contributed by atoms with Crippen molar-refractivity contribution in [3.63, 3.8) is 0 Å². The second-order valence-corrected chi connectivity index (χ2v) is 8.92. The van der Waals surface area contributed by atoms with E-state index in [1.807, 2.05) is 5.06 Å². The van der Waals surface area contributed by atoms with Crippen LogP contribution in [0.2, 0.25) is 0 Å². The van der Waals surface area contributed by atoms with Crippen LogP contribution in [0.25, 0.3) is 0 Å².